The minimum atomic E-state index is -0.234. The largest absolute Gasteiger partial charge is 0.326 e. The van der Waals surface area contributed by atoms with Gasteiger partial charge in [0.1, 0.15) is 5.01 Å². The molecule has 0 fully saturated rings. The molecule has 2 rings (SSSR count). The van der Waals surface area contributed by atoms with Crippen LogP contribution in [0.4, 0.5) is 10.8 Å². The lowest BCUT2D eigenvalue weighted by molar-refractivity contribution is -0.121. The predicted molar refractivity (Wildman–Crippen MR) is 91.6 cm³/mol. The van der Waals surface area contributed by atoms with Crippen molar-refractivity contribution >= 4 is 34.0 Å². The number of nitrogens with zero attached hydrogens (tertiary/aromatic N) is 2. The molecule has 0 saturated carbocycles. The minimum absolute atomic E-state index is 0.112. The standard InChI is InChI=1S/C16H20N4O2S/c1-3-11-7-5-6-8-12(11)17-13(21)9-10-14(22)18-16-20-19-15(4-2)23-16/h5-8H,3-4,9-10H2,1-2H3,(H,17,21)(H,18,20,22). The van der Waals surface area contributed by atoms with Crippen LogP contribution in [-0.2, 0) is 22.4 Å². The van der Waals surface area contributed by atoms with Crippen LogP contribution in [-0.4, -0.2) is 22.0 Å². The highest BCUT2D eigenvalue weighted by Gasteiger charge is 2.11. The second kappa shape index (κ2) is 8.38. The summed E-state index contributed by atoms with van der Waals surface area (Å²) in [6, 6.07) is 7.66. The number of aromatic nitrogens is 2. The first-order valence-corrected chi connectivity index (χ1v) is 8.44. The topological polar surface area (TPSA) is 84.0 Å². The lowest BCUT2D eigenvalue weighted by atomic mass is 10.1. The van der Waals surface area contributed by atoms with Crippen molar-refractivity contribution in [1.29, 1.82) is 0 Å². The number of para-hydroxylation sites is 1. The van der Waals surface area contributed by atoms with E-state index < -0.39 is 0 Å². The fourth-order valence-corrected chi connectivity index (χ4v) is 2.71. The number of hydrogen-bond acceptors (Lipinski definition) is 5. The third kappa shape index (κ3) is 5.14. The molecule has 0 saturated heterocycles. The molecular weight excluding hydrogens is 312 g/mol. The fourth-order valence-electron chi connectivity index (χ4n) is 2.02. The first-order valence-electron chi connectivity index (χ1n) is 7.62. The van der Waals surface area contributed by atoms with Crippen LogP contribution in [0.15, 0.2) is 24.3 Å². The van der Waals surface area contributed by atoms with Crippen molar-refractivity contribution in [3.05, 3.63) is 34.8 Å². The number of aryl methyl sites for hydroxylation is 2. The van der Waals surface area contributed by atoms with Crippen molar-refractivity contribution < 1.29 is 9.59 Å². The number of hydrogen-bond donors (Lipinski definition) is 2. The second-order valence-electron chi connectivity index (χ2n) is 4.96. The molecule has 122 valence electrons. The monoisotopic (exact) mass is 332 g/mol. The van der Waals surface area contributed by atoms with E-state index in [1.54, 1.807) is 0 Å². The number of nitrogens with one attached hydrogen (secondary N) is 2. The van der Waals surface area contributed by atoms with Crippen LogP contribution < -0.4 is 10.6 Å². The average molecular weight is 332 g/mol. The van der Waals surface area contributed by atoms with Crippen LogP contribution in [0, 0.1) is 0 Å². The molecule has 0 spiro atoms. The summed E-state index contributed by atoms with van der Waals surface area (Å²) in [6.07, 6.45) is 1.87. The third-order valence-corrected chi connectivity index (χ3v) is 4.25. The van der Waals surface area contributed by atoms with Crippen LogP contribution in [0.1, 0.15) is 37.3 Å². The van der Waals surface area contributed by atoms with Crippen molar-refractivity contribution in [1.82, 2.24) is 10.2 Å². The van der Waals surface area contributed by atoms with Crippen LogP contribution in [0.25, 0.3) is 0 Å². The molecule has 7 heteroatoms. The van der Waals surface area contributed by atoms with Gasteiger partial charge in [-0.15, -0.1) is 10.2 Å². The summed E-state index contributed by atoms with van der Waals surface area (Å²) in [6.45, 7) is 4.01. The SMILES string of the molecule is CCc1nnc(NC(=O)CCC(=O)Nc2ccccc2CC)s1. The molecular formula is C16H20N4O2S. The Morgan fingerprint density at radius 2 is 1.70 bits per heavy atom. The molecule has 1 aromatic heterocycles. The number of carbonyl (C=O) groups is 2. The summed E-state index contributed by atoms with van der Waals surface area (Å²) in [4.78, 5) is 23.8. The summed E-state index contributed by atoms with van der Waals surface area (Å²) in [7, 11) is 0. The van der Waals surface area contributed by atoms with Gasteiger partial charge in [-0.1, -0.05) is 43.4 Å². The van der Waals surface area contributed by atoms with Crippen LogP contribution >= 0.6 is 11.3 Å². The highest BCUT2D eigenvalue weighted by Crippen LogP contribution is 2.17. The van der Waals surface area contributed by atoms with Crippen molar-refractivity contribution in [3.8, 4) is 0 Å². The van der Waals surface area contributed by atoms with E-state index in [0.717, 1.165) is 29.1 Å². The van der Waals surface area contributed by atoms with Crippen molar-refractivity contribution in [3.63, 3.8) is 0 Å². The van der Waals surface area contributed by atoms with Crippen LogP contribution in [0.2, 0.25) is 0 Å². The summed E-state index contributed by atoms with van der Waals surface area (Å²) >= 11 is 1.35. The van der Waals surface area contributed by atoms with Gasteiger partial charge in [-0.3, -0.25) is 9.59 Å². The minimum Gasteiger partial charge on any atom is -0.326 e. The third-order valence-electron chi connectivity index (χ3n) is 3.27. The molecule has 1 aromatic carbocycles. The lowest BCUT2D eigenvalue weighted by Gasteiger charge is -2.09. The molecule has 0 radical (unpaired) electrons. The van der Waals surface area contributed by atoms with Gasteiger partial charge in [-0.2, -0.15) is 0 Å². The quantitative estimate of drug-likeness (QED) is 0.816. The van der Waals surface area contributed by atoms with E-state index in [9.17, 15) is 9.59 Å². The van der Waals surface area contributed by atoms with Gasteiger partial charge in [0.15, 0.2) is 0 Å². The Morgan fingerprint density at radius 1 is 1.00 bits per heavy atom. The molecule has 0 atom stereocenters. The van der Waals surface area contributed by atoms with Gasteiger partial charge in [0.2, 0.25) is 16.9 Å². The Hall–Kier alpha value is -2.28. The van der Waals surface area contributed by atoms with Gasteiger partial charge in [-0.05, 0) is 24.5 Å². The zero-order valence-electron chi connectivity index (χ0n) is 13.3. The van der Waals surface area contributed by atoms with Gasteiger partial charge >= 0.3 is 0 Å². The van der Waals surface area contributed by atoms with Gasteiger partial charge in [-0.25, -0.2) is 0 Å². The van der Waals surface area contributed by atoms with Crippen LogP contribution in [0.3, 0.4) is 0 Å². The maximum atomic E-state index is 12.0. The highest BCUT2D eigenvalue weighted by atomic mass is 32.1. The number of amides is 2. The van der Waals surface area contributed by atoms with Crippen LogP contribution in [0.5, 0.6) is 0 Å². The molecule has 2 amide bonds. The maximum absolute atomic E-state index is 12.0. The summed E-state index contributed by atoms with van der Waals surface area (Å²) < 4.78 is 0. The zero-order valence-corrected chi connectivity index (χ0v) is 14.1. The van der Waals surface area contributed by atoms with E-state index >= 15 is 0 Å². The lowest BCUT2D eigenvalue weighted by Crippen LogP contribution is -2.17. The Bertz CT molecular complexity index is 684. The summed E-state index contributed by atoms with van der Waals surface area (Å²) in [5.41, 5.74) is 1.88. The highest BCUT2D eigenvalue weighted by molar-refractivity contribution is 7.15. The number of carbonyl (C=O) groups excluding carboxylic acids is 2. The van der Waals surface area contributed by atoms with E-state index in [2.05, 4.69) is 20.8 Å². The fraction of sp³-hybridized carbons (Fsp3) is 0.375. The molecule has 23 heavy (non-hydrogen) atoms. The van der Waals surface area contributed by atoms with E-state index in [0.29, 0.717) is 5.13 Å². The number of rotatable bonds is 7. The Labute approximate surface area is 139 Å². The zero-order chi connectivity index (χ0) is 16.7. The van der Waals surface area contributed by atoms with Gasteiger partial charge in [0, 0.05) is 18.5 Å². The normalized spacial score (nSPS) is 10.3. The molecule has 0 aliphatic rings. The van der Waals surface area contributed by atoms with E-state index in [1.165, 1.54) is 11.3 Å². The first kappa shape index (κ1) is 17.1. The molecule has 0 bridgehead atoms. The average Bonchev–Trinajstić information content (AvgIpc) is 3.01. The molecule has 0 aliphatic heterocycles. The molecule has 1 heterocycles. The van der Waals surface area contributed by atoms with Gasteiger partial charge in [0.25, 0.3) is 0 Å². The molecule has 6 nitrogen and oxygen atoms in total. The number of benzene rings is 1. The van der Waals surface area contributed by atoms with Gasteiger partial charge in [0.05, 0.1) is 0 Å². The molecule has 0 unspecified atom stereocenters. The maximum Gasteiger partial charge on any atom is 0.226 e. The molecule has 0 aliphatic carbocycles. The summed E-state index contributed by atoms with van der Waals surface area (Å²) in [5, 5.41) is 14.7. The smallest absolute Gasteiger partial charge is 0.226 e. The predicted octanol–water partition coefficient (Wildman–Crippen LogP) is 3.02. The van der Waals surface area contributed by atoms with E-state index in [4.69, 9.17) is 0 Å². The Balaban J connectivity index is 1.80. The van der Waals surface area contributed by atoms with Crippen molar-refractivity contribution in [2.24, 2.45) is 0 Å². The second-order valence-corrected chi connectivity index (χ2v) is 6.02. The summed E-state index contributed by atoms with van der Waals surface area (Å²) in [5.74, 6) is -0.407. The number of anilines is 2. The van der Waals surface area contributed by atoms with E-state index in [-0.39, 0.29) is 24.7 Å². The van der Waals surface area contributed by atoms with E-state index in [1.807, 2.05) is 38.1 Å². The Kier molecular flexibility index (Phi) is 6.22. The molecule has 2 N–H and O–H groups in total. The first-order chi connectivity index (χ1) is 11.1. The van der Waals surface area contributed by atoms with Crippen molar-refractivity contribution in [2.45, 2.75) is 39.5 Å². The molecule has 2 aromatic rings. The van der Waals surface area contributed by atoms with Gasteiger partial charge < -0.3 is 10.6 Å². The van der Waals surface area contributed by atoms with Crippen molar-refractivity contribution in [2.75, 3.05) is 10.6 Å². The Morgan fingerprint density at radius 3 is 2.35 bits per heavy atom.